The first-order valence-electron chi connectivity index (χ1n) is 6.07. The molecule has 0 aromatic heterocycles. The van der Waals surface area contributed by atoms with Gasteiger partial charge in [-0.25, -0.2) is 0 Å². The van der Waals surface area contributed by atoms with E-state index >= 15 is 0 Å². The Morgan fingerprint density at radius 1 is 1.22 bits per heavy atom. The van der Waals surface area contributed by atoms with Crippen molar-refractivity contribution in [2.75, 3.05) is 20.1 Å². The lowest BCUT2D eigenvalue weighted by molar-refractivity contribution is -0.149. The van der Waals surface area contributed by atoms with Gasteiger partial charge in [0.15, 0.2) is 0 Å². The predicted octanol–water partition coefficient (Wildman–Crippen LogP) is 0.328. The average Bonchev–Trinajstić information content (AvgIpc) is 2.35. The molecule has 0 aliphatic rings. The zero-order valence-corrected chi connectivity index (χ0v) is 11.4. The molecule has 0 heterocycles. The Hall–Kier alpha value is -1.59. The lowest BCUT2D eigenvalue weighted by Gasteiger charge is -2.26. The Bertz CT molecular complexity index is 317. The summed E-state index contributed by atoms with van der Waals surface area (Å²) in [6.45, 7) is 5.39. The summed E-state index contributed by atoms with van der Waals surface area (Å²) >= 11 is 0. The summed E-state index contributed by atoms with van der Waals surface area (Å²) < 4.78 is 0. The number of hydrogen-bond acceptors (Lipinski definition) is 3. The molecule has 2 amide bonds. The smallest absolute Gasteiger partial charge is 0.307 e. The number of nitrogens with one attached hydrogen (secondary N) is 1. The van der Waals surface area contributed by atoms with Crippen molar-refractivity contribution >= 4 is 17.8 Å². The molecule has 0 aromatic rings. The van der Waals surface area contributed by atoms with Gasteiger partial charge < -0.3 is 15.3 Å². The topological polar surface area (TPSA) is 86.7 Å². The van der Waals surface area contributed by atoms with Crippen LogP contribution in [-0.4, -0.2) is 47.9 Å². The first kappa shape index (κ1) is 16.4. The number of likely N-dealkylation sites (N-methyl/N-ethyl adjacent to an activating group) is 1. The summed E-state index contributed by atoms with van der Waals surface area (Å²) in [4.78, 5) is 35.7. The number of aliphatic carboxylic acids is 1. The van der Waals surface area contributed by atoms with E-state index in [4.69, 9.17) is 5.11 Å². The van der Waals surface area contributed by atoms with Gasteiger partial charge in [-0.05, 0) is 6.42 Å². The lowest BCUT2D eigenvalue weighted by atomic mass is 9.94. The van der Waals surface area contributed by atoms with Gasteiger partial charge in [0.1, 0.15) is 0 Å². The molecule has 0 fully saturated rings. The van der Waals surface area contributed by atoms with E-state index in [2.05, 4.69) is 5.32 Å². The fourth-order valence-electron chi connectivity index (χ4n) is 1.51. The second-order valence-corrected chi connectivity index (χ2v) is 4.35. The second-order valence-electron chi connectivity index (χ2n) is 4.35. The number of amides is 2. The highest BCUT2D eigenvalue weighted by Gasteiger charge is 2.29. The van der Waals surface area contributed by atoms with Gasteiger partial charge >= 0.3 is 5.97 Å². The van der Waals surface area contributed by atoms with E-state index in [-0.39, 0.29) is 18.4 Å². The molecule has 0 bridgehead atoms. The summed E-state index contributed by atoms with van der Waals surface area (Å²) in [5.41, 5.74) is 0. The largest absolute Gasteiger partial charge is 0.481 e. The molecule has 0 rings (SSSR count). The van der Waals surface area contributed by atoms with Crippen LogP contribution < -0.4 is 5.32 Å². The fourth-order valence-corrected chi connectivity index (χ4v) is 1.51. The van der Waals surface area contributed by atoms with E-state index in [0.29, 0.717) is 6.54 Å². The van der Waals surface area contributed by atoms with Crippen LogP contribution in [0.1, 0.15) is 27.2 Å². The van der Waals surface area contributed by atoms with E-state index in [1.165, 1.54) is 18.9 Å². The summed E-state index contributed by atoms with van der Waals surface area (Å²) in [6, 6.07) is 0. The van der Waals surface area contributed by atoms with Crippen LogP contribution >= 0.6 is 0 Å². The third kappa shape index (κ3) is 4.73. The quantitative estimate of drug-likeness (QED) is 0.689. The van der Waals surface area contributed by atoms with Crippen LogP contribution in [0, 0.1) is 11.8 Å². The number of carbonyl (C=O) groups excluding carboxylic acids is 2. The Kier molecular flexibility index (Phi) is 7.00. The van der Waals surface area contributed by atoms with Crippen LogP contribution in [0.3, 0.4) is 0 Å². The molecule has 2 atom stereocenters. The van der Waals surface area contributed by atoms with Crippen molar-refractivity contribution in [3.05, 3.63) is 0 Å². The molecule has 0 saturated carbocycles. The highest BCUT2D eigenvalue weighted by atomic mass is 16.4. The monoisotopic (exact) mass is 258 g/mol. The molecule has 2 N–H and O–H groups in total. The number of nitrogens with zero attached hydrogens (tertiary/aromatic N) is 1. The van der Waals surface area contributed by atoms with Crippen molar-refractivity contribution in [2.45, 2.75) is 27.2 Å². The van der Waals surface area contributed by atoms with E-state index in [1.807, 2.05) is 6.92 Å². The highest BCUT2D eigenvalue weighted by molar-refractivity contribution is 5.88. The van der Waals surface area contributed by atoms with Crippen LogP contribution in [0.5, 0.6) is 0 Å². The minimum atomic E-state index is -1.01. The molecule has 0 aliphatic carbocycles. The van der Waals surface area contributed by atoms with Crippen molar-refractivity contribution in [2.24, 2.45) is 11.8 Å². The van der Waals surface area contributed by atoms with E-state index in [1.54, 1.807) is 6.92 Å². The van der Waals surface area contributed by atoms with Crippen molar-refractivity contribution in [3.63, 3.8) is 0 Å². The van der Waals surface area contributed by atoms with Gasteiger partial charge in [0, 0.05) is 19.5 Å². The first-order chi connectivity index (χ1) is 8.34. The Morgan fingerprint density at radius 2 is 1.78 bits per heavy atom. The van der Waals surface area contributed by atoms with Crippen molar-refractivity contribution in [3.8, 4) is 0 Å². The van der Waals surface area contributed by atoms with Crippen LogP contribution in [0.2, 0.25) is 0 Å². The lowest BCUT2D eigenvalue weighted by Crippen LogP contribution is -2.44. The molecular weight excluding hydrogens is 236 g/mol. The molecule has 0 saturated heterocycles. The summed E-state index contributed by atoms with van der Waals surface area (Å²) in [6.07, 6.45) is 0.719. The Labute approximate surface area is 107 Å². The first-order valence-corrected chi connectivity index (χ1v) is 6.07. The van der Waals surface area contributed by atoms with Gasteiger partial charge in [0.25, 0.3) is 0 Å². The van der Waals surface area contributed by atoms with Crippen molar-refractivity contribution in [1.82, 2.24) is 10.2 Å². The molecule has 104 valence electrons. The SMILES string of the molecule is CCCN(CC(=O)NC)C(=O)C(C)C(C)C(=O)O. The third-order valence-electron chi connectivity index (χ3n) is 2.95. The molecule has 6 nitrogen and oxygen atoms in total. The number of hydrogen-bond donors (Lipinski definition) is 2. The summed E-state index contributed by atoms with van der Waals surface area (Å²) in [5.74, 6) is -2.96. The molecule has 6 heteroatoms. The summed E-state index contributed by atoms with van der Waals surface area (Å²) in [7, 11) is 1.50. The molecule has 0 spiro atoms. The number of rotatable bonds is 7. The second kappa shape index (κ2) is 7.68. The zero-order chi connectivity index (χ0) is 14.3. The van der Waals surface area contributed by atoms with Crippen LogP contribution in [0.25, 0.3) is 0 Å². The Morgan fingerprint density at radius 3 is 2.17 bits per heavy atom. The van der Waals surface area contributed by atoms with E-state index in [9.17, 15) is 14.4 Å². The van der Waals surface area contributed by atoms with Gasteiger partial charge in [0.2, 0.25) is 11.8 Å². The maximum absolute atomic E-state index is 12.1. The minimum absolute atomic E-state index is 0.0279. The van der Waals surface area contributed by atoms with E-state index < -0.39 is 17.8 Å². The normalized spacial score (nSPS) is 13.6. The van der Waals surface area contributed by atoms with Gasteiger partial charge in [-0.3, -0.25) is 14.4 Å². The average molecular weight is 258 g/mol. The molecule has 0 aliphatic heterocycles. The molecular formula is C12H22N2O4. The van der Waals surface area contributed by atoms with Crippen LogP contribution in [0.15, 0.2) is 0 Å². The highest BCUT2D eigenvalue weighted by Crippen LogP contribution is 2.14. The van der Waals surface area contributed by atoms with Gasteiger partial charge in [-0.2, -0.15) is 0 Å². The minimum Gasteiger partial charge on any atom is -0.481 e. The van der Waals surface area contributed by atoms with E-state index in [0.717, 1.165) is 6.42 Å². The molecule has 2 unspecified atom stereocenters. The maximum atomic E-state index is 12.1. The fraction of sp³-hybridized carbons (Fsp3) is 0.750. The van der Waals surface area contributed by atoms with Crippen LogP contribution in [0.4, 0.5) is 0 Å². The van der Waals surface area contributed by atoms with Gasteiger partial charge in [-0.1, -0.05) is 20.8 Å². The predicted molar refractivity (Wildman–Crippen MR) is 66.9 cm³/mol. The number of carboxylic acid groups (broad SMARTS) is 1. The Balaban J connectivity index is 4.74. The van der Waals surface area contributed by atoms with Gasteiger partial charge in [-0.15, -0.1) is 0 Å². The number of carbonyl (C=O) groups is 3. The van der Waals surface area contributed by atoms with Gasteiger partial charge in [0.05, 0.1) is 12.5 Å². The molecule has 0 aromatic carbocycles. The molecule has 18 heavy (non-hydrogen) atoms. The van der Waals surface area contributed by atoms with Crippen molar-refractivity contribution in [1.29, 1.82) is 0 Å². The molecule has 0 radical (unpaired) electrons. The zero-order valence-electron chi connectivity index (χ0n) is 11.4. The van der Waals surface area contributed by atoms with Crippen molar-refractivity contribution < 1.29 is 19.5 Å². The third-order valence-corrected chi connectivity index (χ3v) is 2.95. The standard InChI is InChI=1S/C12H22N2O4/c1-5-6-14(7-10(15)13-4)11(16)8(2)9(3)12(17)18/h8-9H,5-7H2,1-4H3,(H,13,15)(H,17,18). The summed E-state index contributed by atoms with van der Waals surface area (Å²) in [5, 5.41) is 11.3. The number of carboxylic acids is 1. The maximum Gasteiger partial charge on any atom is 0.307 e. The van der Waals surface area contributed by atoms with Crippen LogP contribution in [-0.2, 0) is 14.4 Å².